The summed E-state index contributed by atoms with van der Waals surface area (Å²) in [6, 6.07) is 8.39. The number of hydrogen-bond acceptors (Lipinski definition) is 4. The van der Waals surface area contributed by atoms with Crippen LogP contribution in [0.25, 0.3) is 0 Å². The van der Waals surface area contributed by atoms with Gasteiger partial charge < -0.3 is 14.8 Å². The van der Waals surface area contributed by atoms with Crippen molar-refractivity contribution in [2.45, 2.75) is 83.8 Å². The number of piperidine rings is 1. The average molecular weight is 417 g/mol. The number of anilines is 1. The molecule has 0 aromatic heterocycles. The normalized spacial score (nSPS) is 27.6. The summed E-state index contributed by atoms with van der Waals surface area (Å²) >= 11 is 0. The molecule has 1 aliphatic carbocycles. The van der Waals surface area contributed by atoms with Crippen molar-refractivity contribution in [3.05, 3.63) is 24.3 Å². The third kappa shape index (κ3) is 6.21. The molecule has 30 heavy (non-hydrogen) atoms. The van der Waals surface area contributed by atoms with Crippen molar-refractivity contribution < 1.29 is 14.3 Å². The summed E-state index contributed by atoms with van der Waals surface area (Å²) < 4.78 is 12.0. The molecule has 2 aliphatic rings. The van der Waals surface area contributed by atoms with E-state index in [1.165, 1.54) is 25.8 Å². The first kappa shape index (κ1) is 23.1. The van der Waals surface area contributed by atoms with E-state index in [-0.39, 0.29) is 5.91 Å². The fourth-order valence-corrected chi connectivity index (χ4v) is 4.61. The molecule has 1 heterocycles. The highest BCUT2D eigenvalue weighted by molar-refractivity contribution is 5.97. The van der Waals surface area contributed by atoms with E-state index in [1.807, 2.05) is 24.3 Å². The van der Waals surface area contributed by atoms with Gasteiger partial charge in [-0.2, -0.15) is 0 Å². The largest absolute Gasteiger partial charge is 0.492 e. The van der Waals surface area contributed by atoms with Crippen LogP contribution in [0.5, 0.6) is 5.75 Å². The molecule has 1 atom stereocenters. The second-order valence-corrected chi connectivity index (χ2v) is 9.23. The quantitative estimate of drug-likeness (QED) is 0.597. The van der Waals surface area contributed by atoms with Crippen LogP contribution in [0, 0.1) is 5.92 Å². The van der Waals surface area contributed by atoms with Crippen molar-refractivity contribution >= 4 is 11.6 Å². The Morgan fingerprint density at radius 3 is 2.50 bits per heavy atom. The standard InChI is InChI=1S/C25H40N2O3/c1-4-18-30-25(14-12-20(2)13-15-25)24(28)26-22-8-10-23(11-9-22)29-19-17-27-16-6-5-7-21(27)3/h8-11,20-21H,4-7,12-19H2,1-3H3,(H,26,28)/t20?,21-,25?/m1/s1. The number of rotatable bonds is 9. The molecule has 0 spiro atoms. The Hall–Kier alpha value is -1.59. The zero-order valence-electron chi connectivity index (χ0n) is 19.1. The van der Waals surface area contributed by atoms with Gasteiger partial charge in [0, 0.05) is 24.9 Å². The molecule has 1 aliphatic heterocycles. The fraction of sp³-hybridized carbons (Fsp3) is 0.720. The van der Waals surface area contributed by atoms with Gasteiger partial charge in [-0.05, 0) is 88.6 Å². The van der Waals surface area contributed by atoms with Gasteiger partial charge in [-0.3, -0.25) is 9.69 Å². The van der Waals surface area contributed by atoms with Crippen LogP contribution < -0.4 is 10.1 Å². The Morgan fingerprint density at radius 2 is 1.83 bits per heavy atom. The van der Waals surface area contributed by atoms with E-state index in [1.54, 1.807) is 0 Å². The zero-order valence-corrected chi connectivity index (χ0v) is 19.1. The number of ether oxygens (including phenoxy) is 2. The second-order valence-electron chi connectivity index (χ2n) is 9.23. The molecule has 5 nitrogen and oxygen atoms in total. The lowest BCUT2D eigenvalue weighted by Crippen LogP contribution is -2.48. The maximum atomic E-state index is 13.1. The van der Waals surface area contributed by atoms with Crippen LogP contribution in [0.15, 0.2) is 24.3 Å². The van der Waals surface area contributed by atoms with Crippen LogP contribution in [0.4, 0.5) is 5.69 Å². The van der Waals surface area contributed by atoms with Crippen LogP contribution in [0.2, 0.25) is 0 Å². The van der Waals surface area contributed by atoms with Gasteiger partial charge in [0.2, 0.25) is 0 Å². The van der Waals surface area contributed by atoms with Crippen LogP contribution in [0.3, 0.4) is 0 Å². The minimum absolute atomic E-state index is 0.00407. The molecule has 168 valence electrons. The SMILES string of the molecule is CCCOC1(C(=O)Nc2ccc(OCCN3CCCC[C@H]3C)cc2)CCC(C)CC1. The number of carbonyl (C=O) groups is 1. The second kappa shape index (κ2) is 11.1. The first-order valence-electron chi connectivity index (χ1n) is 11.9. The summed E-state index contributed by atoms with van der Waals surface area (Å²) in [5.74, 6) is 1.51. The number of benzene rings is 1. The molecule has 3 rings (SSSR count). The molecule has 1 N–H and O–H groups in total. The Labute approximate surface area is 182 Å². The Kier molecular flexibility index (Phi) is 8.58. The third-order valence-corrected chi connectivity index (χ3v) is 6.78. The number of amides is 1. The smallest absolute Gasteiger partial charge is 0.256 e. The minimum Gasteiger partial charge on any atom is -0.492 e. The van der Waals surface area contributed by atoms with Crippen LogP contribution in [-0.2, 0) is 9.53 Å². The number of nitrogens with zero attached hydrogens (tertiary/aromatic N) is 1. The molecule has 2 fully saturated rings. The molecular weight excluding hydrogens is 376 g/mol. The Balaban J connectivity index is 1.50. The van der Waals surface area contributed by atoms with E-state index >= 15 is 0 Å². The van der Waals surface area contributed by atoms with Crippen molar-refractivity contribution in [2.24, 2.45) is 5.92 Å². The van der Waals surface area contributed by atoms with E-state index < -0.39 is 5.60 Å². The van der Waals surface area contributed by atoms with E-state index in [2.05, 4.69) is 31.0 Å². The topological polar surface area (TPSA) is 50.8 Å². The molecular formula is C25H40N2O3. The molecule has 0 bridgehead atoms. The number of hydrogen-bond donors (Lipinski definition) is 1. The maximum Gasteiger partial charge on any atom is 0.256 e. The molecule has 0 radical (unpaired) electrons. The van der Waals surface area contributed by atoms with Crippen molar-refractivity contribution in [1.29, 1.82) is 0 Å². The molecule has 1 aromatic carbocycles. The van der Waals surface area contributed by atoms with Gasteiger partial charge in [-0.25, -0.2) is 0 Å². The molecule has 1 saturated carbocycles. The Morgan fingerprint density at radius 1 is 1.10 bits per heavy atom. The summed E-state index contributed by atoms with van der Waals surface area (Å²) in [7, 11) is 0. The van der Waals surface area contributed by atoms with Gasteiger partial charge in [0.25, 0.3) is 5.91 Å². The predicted molar refractivity (Wildman–Crippen MR) is 122 cm³/mol. The van der Waals surface area contributed by atoms with Gasteiger partial charge >= 0.3 is 0 Å². The highest BCUT2D eigenvalue weighted by Crippen LogP contribution is 2.36. The van der Waals surface area contributed by atoms with Crippen LogP contribution in [0.1, 0.15) is 72.1 Å². The van der Waals surface area contributed by atoms with E-state index in [0.29, 0.717) is 25.2 Å². The van der Waals surface area contributed by atoms with Crippen molar-refractivity contribution in [1.82, 2.24) is 4.90 Å². The van der Waals surface area contributed by atoms with Gasteiger partial charge in [0.1, 0.15) is 18.0 Å². The van der Waals surface area contributed by atoms with Gasteiger partial charge in [-0.15, -0.1) is 0 Å². The molecule has 1 amide bonds. The lowest BCUT2D eigenvalue weighted by Gasteiger charge is -2.38. The number of likely N-dealkylation sites (tertiary alicyclic amines) is 1. The third-order valence-electron chi connectivity index (χ3n) is 6.78. The number of carbonyl (C=O) groups excluding carboxylic acids is 1. The van der Waals surface area contributed by atoms with E-state index in [9.17, 15) is 4.79 Å². The monoisotopic (exact) mass is 416 g/mol. The van der Waals surface area contributed by atoms with Gasteiger partial charge in [-0.1, -0.05) is 20.3 Å². The van der Waals surface area contributed by atoms with Crippen LogP contribution >= 0.6 is 0 Å². The minimum atomic E-state index is -0.678. The van der Waals surface area contributed by atoms with E-state index in [0.717, 1.165) is 50.1 Å². The Bertz CT molecular complexity index is 647. The van der Waals surface area contributed by atoms with Gasteiger partial charge in [0.05, 0.1) is 0 Å². The highest BCUT2D eigenvalue weighted by atomic mass is 16.5. The van der Waals surface area contributed by atoms with Crippen molar-refractivity contribution in [2.75, 3.05) is 31.6 Å². The zero-order chi connectivity index (χ0) is 21.4. The van der Waals surface area contributed by atoms with E-state index in [4.69, 9.17) is 9.47 Å². The maximum absolute atomic E-state index is 13.1. The first-order valence-corrected chi connectivity index (χ1v) is 11.9. The van der Waals surface area contributed by atoms with Crippen molar-refractivity contribution in [3.63, 3.8) is 0 Å². The average Bonchev–Trinajstić information content (AvgIpc) is 2.76. The predicted octanol–water partition coefficient (Wildman–Crippen LogP) is 5.25. The summed E-state index contributed by atoms with van der Waals surface area (Å²) in [5, 5.41) is 3.09. The summed E-state index contributed by atoms with van der Waals surface area (Å²) in [6.07, 6.45) is 8.53. The molecule has 0 unspecified atom stereocenters. The number of nitrogens with one attached hydrogen (secondary N) is 1. The molecule has 5 heteroatoms. The lowest BCUT2D eigenvalue weighted by molar-refractivity contribution is -0.147. The van der Waals surface area contributed by atoms with Crippen LogP contribution in [-0.4, -0.2) is 48.8 Å². The summed E-state index contributed by atoms with van der Waals surface area (Å²) in [4.78, 5) is 15.6. The lowest BCUT2D eigenvalue weighted by atomic mass is 9.78. The van der Waals surface area contributed by atoms with Crippen molar-refractivity contribution in [3.8, 4) is 5.75 Å². The summed E-state index contributed by atoms with van der Waals surface area (Å²) in [6.45, 7) is 10.1. The fourth-order valence-electron chi connectivity index (χ4n) is 4.61. The molecule has 1 saturated heterocycles. The molecule has 1 aromatic rings. The first-order chi connectivity index (χ1) is 14.5. The summed E-state index contributed by atoms with van der Waals surface area (Å²) in [5.41, 5.74) is 0.123. The van der Waals surface area contributed by atoms with Gasteiger partial charge in [0.15, 0.2) is 0 Å². The highest BCUT2D eigenvalue weighted by Gasteiger charge is 2.42.